The topological polar surface area (TPSA) is 118 Å². The molecule has 58 heavy (non-hydrogen) atoms. The summed E-state index contributed by atoms with van der Waals surface area (Å²) in [7, 11) is -0.398. The second-order valence-corrected chi connectivity index (χ2v) is 17.1. The van der Waals surface area contributed by atoms with Crippen LogP contribution < -0.4 is 19.5 Å². The smallest absolute Gasteiger partial charge is 0.293 e. The molecule has 2 aliphatic rings. The summed E-state index contributed by atoms with van der Waals surface area (Å²) in [6.07, 6.45) is 0.689. The molecule has 7 rings (SSSR count). The third kappa shape index (κ3) is 8.96. The SMILES string of the molecule is CCCN(c1ccc(S(=O)(=O)NC2=NCN(N3CCN(Cc4ccccc4-c4ccc(Cl)cc4)CC3)c3ccccc32)cc1[N+](=O)[O-])[C@H](S)c1cccc(N(C)C)c1. The van der Waals surface area contributed by atoms with E-state index in [0.29, 0.717) is 23.6 Å². The highest BCUT2D eigenvalue weighted by Gasteiger charge is 2.32. The van der Waals surface area contributed by atoms with E-state index in [-0.39, 0.29) is 28.8 Å². The number of piperazine rings is 1. The molecule has 1 N–H and O–H groups in total. The molecule has 5 aromatic carbocycles. The van der Waals surface area contributed by atoms with Gasteiger partial charge in [-0.05, 0) is 77.2 Å². The number of thiol groups is 1. The Morgan fingerprint density at radius 2 is 1.60 bits per heavy atom. The average Bonchev–Trinajstić information content (AvgIpc) is 3.23. The van der Waals surface area contributed by atoms with Crippen molar-refractivity contribution in [3.05, 3.63) is 147 Å². The van der Waals surface area contributed by atoms with Crippen molar-refractivity contribution < 1.29 is 13.3 Å². The number of hydrogen-bond donors (Lipinski definition) is 2. The number of halogens is 1. The van der Waals surface area contributed by atoms with Crippen molar-refractivity contribution in [1.29, 1.82) is 0 Å². The lowest BCUT2D eigenvalue weighted by molar-refractivity contribution is -0.384. The highest BCUT2D eigenvalue weighted by Crippen LogP contribution is 2.39. The first-order valence-electron chi connectivity index (χ1n) is 19.2. The van der Waals surface area contributed by atoms with Gasteiger partial charge in [-0.3, -0.25) is 24.7 Å². The van der Waals surface area contributed by atoms with Gasteiger partial charge in [-0.25, -0.2) is 18.4 Å². The number of aliphatic imine (C=N–C) groups is 1. The third-order valence-corrected chi connectivity index (χ3v) is 12.7. The molecule has 12 nitrogen and oxygen atoms in total. The monoisotopic (exact) mass is 838 g/mol. The van der Waals surface area contributed by atoms with Crippen molar-refractivity contribution in [2.24, 2.45) is 4.99 Å². The van der Waals surface area contributed by atoms with E-state index >= 15 is 0 Å². The predicted molar refractivity (Wildman–Crippen MR) is 238 cm³/mol. The molecule has 2 aliphatic heterocycles. The Morgan fingerprint density at radius 3 is 2.31 bits per heavy atom. The summed E-state index contributed by atoms with van der Waals surface area (Å²) in [5, 5.41) is 17.1. The van der Waals surface area contributed by atoms with Gasteiger partial charge in [-0.15, -0.1) is 12.6 Å². The first kappa shape index (κ1) is 41.1. The van der Waals surface area contributed by atoms with Gasteiger partial charge < -0.3 is 9.80 Å². The Bertz CT molecular complexity index is 2410. The van der Waals surface area contributed by atoms with E-state index < -0.39 is 20.3 Å². The highest BCUT2D eigenvalue weighted by molar-refractivity contribution is 7.90. The molecule has 1 saturated heterocycles. The van der Waals surface area contributed by atoms with Gasteiger partial charge in [0.05, 0.1) is 20.9 Å². The number of hydrogen-bond acceptors (Lipinski definition) is 11. The van der Waals surface area contributed by atoms with E-state index in [9.17, 15) is 18.5 Å². The second kappa shape index (κ2) is 17.8. The molecule has 5 aromatic rings. The standard InChI is InChI=1S/C43H47ClN8O4S2/c1-4-22-50(43(57)32-11-9-12-35(27-32)47(2)3)40-21-20-36(28-41(40)52(53)54)58(55,56)46-42-38-14-7-8-15-39(38)51(30-45-42)49-25-23-48(24-26-49)29-33-10-5-6-13-37(33)31-16-18-34(44)19-17-31/h5-21,27-28,43,57H,4,22-26,29-30H2,1-3H3,(H,45,46)/t43-/m1/s1. The fraction of sp³-hybridized carbons (Fsp3) is 0.279. The second-order valence-electron chi connectivity index (χ2n) is 14.5. The molecule has 0 saturated carbocycles. The Morgan fingerprint density at radius 1 is 0.897 bits per heavy atom. The number of amidine groups is 1. The number of fused-ring (bicyclic) bond motifs is 1. The van der Waals surface area contributed by atoms with Crippen molar-refractivity contribution in [2.45, 2.75) is 30.2 Å². The number of hydrazine groups is 1. The number of anilines is 3. The molecular formula is C43H47ClN8O4S2. The Balaban J connectivity index is 1.06. The summed E-state index contributed by atoms with van der Waals surface area (Å²) >= 11 is 11.1. The van der Waals surface area contributed by atoms with Gasteiger partial charge in [0.25, 0.3) is 15.7 Å². The maximum absolute atomic E-state index is 14.0. The van der Waals surface area contributed by atoms with Crippen LogP contribution in [0.25, 0.3) is 11.1 Å². The number of para-hydroxylation sites is 1. The molecular weight excluding hydrogens is 792 g/mol. The summed E-state index contributed by atoms with van der Waals surface area (Å²) < 4.78 is 30.6. The summed E-state index contributed by atoms with van der Waals surface area (Å²) in [5.74, 6) is 0.180. The zero-order valence-corrected chi connectivity index (χ0v) is 35.2. The summed E-state index contributed by atoms with van der Waals surface area (Å²) in [5.41, 5.74) is 6.79. The van der Waals surface area contributed by atoms with Crippen LogP contribution in [0.4, 0.5) is 22.7 Å². The van der Waals surface area contributed by atoms with E-state index in [1.54, 1.807) is 0 Å². The lowest BCUT2D eigenvalue weighted by atomic mass is 9.99. The normalized spacial score (nSPS) is 15.3. The maximum Gasteiger partial charge on any atom is 0.293 e. The van der Waals surface area contributed by atoms with Crippen LogP contribution in [0.15, 0.2) is 125 Å². The van der Waals surface area contributed by atoms with Crippen LogP contribution in [-0.2, 0) is 16.6 Å². The zero-order chi connectivity index (χ0) is 41.0. The summed E-state index contributed by atoms with van der Waals surface area (Å²) in [6.45, 7) is 6.63. The fourth-order valence-corrected chi connectivity index (χ4v) is 9.07. The van der Waals surface area contributed by atoms with Crippen LogP contribution in [0.3, 0.4) is 0 Å². The van der Waals surface area contributed by atoms with E-state index in [2.05, 4.69) is 56.0 Å². The first-order valence-corrected chi connectivity index (χ1v) is 21.6. The molecule has 0 radical (unpaired) electrons. The largest absolute Gasteiger partial charge is 0.378 e. The van der Waals surface area contributed by atoms with Gasteiger partial charge in [-0.1, -0.05) is 79.2 Å². The molecule has 0 unspecified atom stereocenters. The number of nitro benzene ring substituents is 1. The van der Waals surface area contributed by atoms with Gasteiger partial charge in [0, 0.05) is 75.7 Å². The van der Waals surface area contributed by atoms with Gasteiger partial charge in [-0.2, -0.15) is 0 Å². The molecule has 0 aliphatic carbocycles. The van der Waals surface area contributed by atoms with Crippen molar-refractivity contribution in [3.8, 4) is 11.1 Å². The molecule has 1 atom stereocenters. The van der Waals surface area contributed by atoms with Crippen LogP contribution in [0, 0.1) is 10.1 Å². The van der Waals surface area contributed by atoms with Crippen LogP contribution in [0.1, 0.15) is 35.4 Å². The first-order chi connectivity index (χ1) is 27.9. The molecule has 302 valence electrons. The van der Waals surface area contributed by atoms with Crippen LogP contribution in [0.2, 0.25) is 5.02 Å². The third-order valence-electron chi connectivity index (χ3n) is 10.5. The predicted octanol–water partition coefficient (Wildman–Crippen LogP) is 8.06. The van der Waals surface area contributed by atoms with Gasteiger partial charge in [0.2, 0.25) is 0 Å². The van der Waals surface area contributed by atoms with Crippen LogP contribution in [-0.4, -0.2) is 82.6 Å². The maximum atomic E-state index is 14.0. The zero-order valence-electron chi connectivity index (χ0n) is 32.7. The summed E-state index contributed by atoms with van der Waals surface area (Å²) in [6, 6.07) is 35.8. The van der Waals surface area contributed by atoms with Crippen molar-refractivity contribution in [3.63, 3.8) is 0 Å². The fourth-order valence-electron chi connectivity index (χ4n) is 7.48. The van der Waals surface area contributed by atoms with Crippen molar-refractivity contribution in [1.82, 2.24) is 14.6 Å². The highest BCUT2D eigenvalue weighted by atomic mass is 35.5. The van der Waals surface area contributed by atoms with Crippen LogP contribution >= 0.6 is 24.2 Å². The van der Waals surface area contributed by atoms with E-state index in [0.717, 1.165) is 61.3 Å². The van der Waals surface area contributed by atoms with Crippen molar-refractivity contribution in [2.75, 3.05) is 68.3 Å². The van der Waals surface area contributed by atoms with Crippen molar-refractivity contribution >= 4 is 62.8 Å². The molecule has 0 spiro atoms. The summed E-state index contributed by atoms with van der Waals surface area (Å²) in [4.78, 5) is 22.7. The van der Waals surface area contributed by atoms with E-state index in [1.807, 2.05) is 91.5 Å². The number of nitrogens with one attached hydrogen (secondary N) is 1. The Labute approximate surface area is 350 Å². The number of sulfonamides is 1. The number of rotatable bonds is 13. The molecule has 2 heterocycles. The Kier molecular flexibility index (Phi) is 12.6. The minimum Gasteiger partial charge on any atom is -0.378 e. The van der Waals surface area contributed by atoms with E-state index in [1.165, 1.54) is 23.3 Å². The van der Waals surface area contributed by atoms with Crippen LogP contribution in [0.5, 0.6) is 0 Å². The number of benzene rings is 5. The molecule has 1 fully saturated rings. The van der Waals surface area contributed by atoms with Gasteiger partial charge in [0.1, 0.15) is 18.2 Å². The molecule has 15 heteroatoms. The Hall–Kier alpha value is -5.12. The van der Waals surface area contributed by atoms with Gasteiger partial charge >= 0.3 is 0 Å². The molecule has 0 bridgehead atoms. The quantitative estimate of drug-likeness (QED) is 0.0526. The lowest BCUT2D eigenvalue weighted by Gasteiger charge is -2.43. The number of nitrogens with zero attached hydrogens (tertiary/aromatic N) is 7. The van der Waals surface area contributed by atoms with Gasteiger partial charge in [0.15, 0.2) is 0 Å². The minimum absolute atomic E-state index is 0.180. The lowest BCUT2D eigenvalue weighted by Crippen LogP contribution is -2.55. The molecule has 0 aromatic heterocycles. The van der Waals surface area contributed by atoms with E-state index in [4.69, 9.17) is 29.2 Å². The number of nitro groups is 1. The minimum atomic E-state index is -4.28. The average molecular weight is 839 g/mol. The molecule has 0 amide bonds.